The number of carbonyl (C=O) groups is 2. The summed E-state index contributed by atoms with van der Waals surface area (Å²) >= 11 is 11.8. The van der Waals surface area contributed by atoms with E-state index in [2.05, 4.69) is 10.0 Å². The average molecular weight is 608 g/mol. The summed E-state index contributed by atoms with van der Waals surface area (Å²) in [6, 6.07) is 16.2. The molecule has 0 aliphatic carbocycles. The maximum Gasteiger partial charge on any atom is 0.326 e. The first-order valence-corrected chi connectivity index (χ1v) is 14.3. The van der Waals surface area contributed by atoms with Crippen LogP contribution in [0.3, 0.4) is 0 Å². The predicted molar refractivity (Wildman–Crippen MR) is 153 cm³/mol. The quantitative estimate of drug-likeness (QED) is 0.225. The van der Waals surface area contributed by atoms with Gasteiger partial charge < -0.3 is 19.9 Å². The zero-order chi connectivity index (χ0) is 29.1. The number of rotatable bonds is 14. The number of nitrogens with one attached hydrogen (secondary N) is 2. The molecule has 0 radical (unpaired) electrons. The van der Waals surface area contributed by atoms with Gasteiger partial charge in [0.15, 0.2) is 0 Å². The van der Waals surface area contributed by atoms with Crippen LogP contribution in [0.2, 0.25) is 10.0 Å². The van der Waals surface area contributed by atoms with Crippen LogP contribution in [0.4, 0.5) is 0 Å². The number of aliphatic carboxylic acids is 1. The van der Waals surface area contributed by atoms with Gasteiger partial charge in [0.25, 0.3) is 5.91 Å². The number of ether oxygens (including phenoxy) is 2. The van der Waals surface area contributed by atoms with Gasteiger partial charge in [0.05, 0.1) is 11.5 Å². The van der Waals surface area contributed by atoms with E-state index in [0.717, 1.165) is 5.56 Å². The summed E-state index contributed by atoms with van der Waals surface area (Å²) in [5, 5.41) is 12.5. The first-order valence-electron chi connectivity index (χ1n) is 12.0. The first kappa shape index (κ1) is 31.1. The molecule has 3 N–H and O–H groups in total. The first-order chi connectivity index (χ1) is 19.1. The molecule has 9 nitrogen and oxygen atoms in total. The second-order valence-corrected chi connectivity index (χ2v) is 11.2. The molecule has 0 fully saturated rings. The molecule has 40 heavy (non-hydrogen) atoms. The van der Waals surface area contributed by atoms with Crippen LogP contribution >= 0.6 is 23.2 Å². The van der Waals surface area contributed by atoms with E-state index >= 15 is 0 Å². The molecule has 0 aromatic heterocycles. The van der Waals surface area contributed by atoms with Crippen molar-refractivity contribution in [3.63, 3.8) is 0 Å². The summed E-state index contributed by atoms with van der Waals surface area (Å²) in [5.74, 6) is -1.05. The number of carboxylic acids is 1. The normalized spacial score (nSPS) is 12.3. The topological polar surface area (TPSA) is 131 Å². The fourth-order valence-electron chi connectivity index (χ4n) is 3.44. The molecule has 0 saturated heterocycles. The number of halogens is 2. The zero-order valence-corrected chi connectivity index (χ0v) is 23.8. The lowest BCUT2D eigenvalue weighted by Gasteiger charge is -2.13. The van der Waals surface area contributed by atoms with Crippen molar-refractivity contribution < 1.29 is 32.6 Å². The lowest BCUT2D eigenvalue weighted by molar-refractivity contribution is -0.139. The molecular weight excluding hydrogens is 579 g/mol. The van der Waals surface area contributed by atoms with Gasteiger partial charge in [-0.1, -0.05) is 59.6 Å². The highest BCUT2D eigenvalue weighted by atomic mass is 35.5. The van der Waals surface area contributed by atoms with Crippen LogP contribution in [0.5, 0.6) is 5.75 Å². The molecule has 3 rings (SSSR count). The monoisotopic (exact) mass is 606 g/mol. The third-order valence-electron chi connectivity index (χ3n) is 5.55. The largest absolute Gasteiger partial charge is 0.491 e. The van der Waals surface area contributed by atoms with Gasteiger partial charge in [-0.3, -0.25) is 4.79 Å². The minimum Gasteiger partial charge on any atom is -0.491 e. The third-order valence-corrected chi connectivity index (χ3v) is 7.37. The van der Waals surface area contributed by atoms with Gasteiger partial charge in [-0.05, 0) is 60.0 Å². The molecule has 0 aliphatic rings. The highest BCUT2D eigenvalue weighted by molar-refractivity contribution is 7.89. The highest BCUT2D eigenvalue weighted by Crippen LogP contribution is 2.22. The van der Waals surface area contributed by atoms with Crippen LogP contribution in [-0.4, -0.2) is 51.8 Å². The van der Waals surface area contributed by atoms with Crippen LogP contribution in [-0.2, 0) is 26.1 Å². The number of sulfonamides is 1. The van der Waals surface area contributed by atoms with Crippen molar-refractivity contribution >= 4 is 51.2 Å². The summed E-state index contributed by atoms with van der Waals surface area (Å²) in [5.41, 5.74) is 1.66. The Kier molecular flexibility index (Phi) is 11.5. The van der Waals surface area contributed by atoms with E-state index in [4.69, 9.17) is 32.7 Å². The third kappa shape index (κ3) is 9.65. The van der Waals surface area contributed by atoms with Crippen molar-refractivity contribution in [2.75, 3.05) is 20.3 Å². The maximum absolute atomic E-state index is 12.7. The molecule has 0 aliphatic heterocycles. The van der Waals surface area contributed by atoms with E-state index in [1.165, 1.54) is 30.3 Å². The number of carbonyl (C=O) groups excluding carboxylic acids is 1. The maximum atomic E-state index is 12.7. The van der Waals surface area contributed by atoms with Crippen molar-refractivity contribution in [3.05, 3.63) is 99.5 Å². The average Bonchev–Trinajstić information content (AvgIpc) is 2.92. The van der Waals surface area contributed by atoms with Gasteiger partial charge in [0.1, 0.15) is 18.4 Å². The molecule has 12 heteroatoms. The number of carboxylic acid groups (broad SMARTS) is 1. The summed E-state index contributed by atoms with van der Waals surface area (Å²) in [6.45, 7) is 0.876. The number of hydrogen-bond acceptors (Lipinski definition) is 6. The fraction of sp³-hybridized carbons (Fsp3) is 0.214. The summed E-state index contributed by atoms with van der Waals surface area (Å²) in [6.07, 6.45) is 3.50. The van der Waals surface area contributed by atoms with Gasteiger partial charge in [0.2, 0.25) is 10.0 Å². The van der Waals surface area contributed by atoms with Gasteiger partial charge in [-0.25, -0.2) is 17.9 Å². The second-order valence-electron chi connectivity index (χ2n) is 8.54. The molecule has 0 saturated carbocycles. The molecule has 212 valence electrons. The molecule has 1 amide bonds. The molecule has 1 atom stereocenters. The lowest BCUT2D eigenvalue weighted by Crippen LogP contribution is -2.40. The van der Waals surface area contributed by atoms with E-state index in [1.807, 2.05) is 12.1 Å². The van der Waals surface area contributed by atoms with E-state index in [1.54, 1.807) is 43.5 Å². The van der Waals surface area contributed by atoms with Crippen molar-refractivity contribution in [2.45, 2.75) is 23.9 Å². The van der Waals surface area contributed by atoms with Gasteiger partial charge in [0, 0.05) is 29.3 Å². The summed E-state index contributed by atoms with van der Waals surface area (Å²) in [4.78, 5) is 24.3. The highest BCUT2D eigenvalue weighted by Gasteiger charge is 2.20. The van der Waals surface area contributed by atoms with E-state index in [-0.39, 0.29) is 33.5 Å². The SMILES string of the molecule is COCCOc1ccc(/C=C/CC(NC(=O)c2ccc(CNS(=O)(=O)c3cc(Cl)cc(Cl)c3)cc2)C(=O)O)cc1. The summed E-state index contributed by atoms with van der Waals surface area (Å²) in [7, 11) is -2.28. The van der Waals surface area contributed by atoms with Gasteiger partial charge in [-0.15, -0.1) is 0 Å². The molecule has 0 heterocycles. The van der Waals surface area contributed by atoms with Crippen LogP contribution in [0.1, 0.15) is 27.9 Å². The van der Waals surface area contributed by atoms with Gasteiger partial charge in [-0.2, -0.15) is 0 Å². The number of methoxy groups -OCH3 is 1. The lowest BCUT2D eigenvalue weighted by atomic mass is 10.1. The Labute approximate surface area is 242 Å². The minimum atomic E-state index is -3.87. The van der Waals surface area contributed by atoms with Crippen molar-refractivity contribution in [1.82, 2.24) is 10.0 Å². The standard InChI is InChI=1S/C28H28Cl2N2O7S/c1-38-13-14-39-24-11-7-19(8-12-24)3-2-4-26(28(34)35)32-27(33)21-9-5-20(6-10-21)18-31-40(36,37)25-16-22(29)15-23(30)17-25/h2-3,5-12,15-17,26,31H,4,13-14,18H2,1H3,(H,32,33)(H,34,35)/b3-2+. The number of amides is 1. The van der Waals surface area contributed by atoms with Crippen LogP contribution in [0.25, 0.3) is 6.08 Å². The van der Waals surface area contributed by atoms with Crippen molar-refractivity contribution in [3.8, 4) is 5.75 Å². The van der Waals surface area contributed by atoms with Crippen molar-refractivity contribution in [2.24, 2.45) is 0 Å². The number of benzene rings is 3. The Morgan fingerprint density at radius 2 is 1.62 bits per heavy atom. The molecule has 1 unspecified atom stereocenters. The smallest absolute Gasteiger partial charge is 0.326 e. The molecule has 3 aromatic rings. The van der Waals surface area contributed by atoms with Crippen LogP contribution in [0, 0.1) is 0 Å². The molecule has 3 aromatic carbocycles. The van der Waals surface area contributed by atoms with E-state index < -0.39 is 27.9 Å². The molecule has 0 spiro atoms. The Morgan fingerprint density at radius 1 is 0.975 bits per heavy atom. The Hall–Kier alpha value is -3.41. The molecule has 0 bridgehead atoms. The van der Waals surface area contributed by atoms with E-state index in [0.29, 0.717) is 24.5 Å². The van der Waals surface area contributed by atoms with Crippen LogP contribution < -0.4 is 14.8 Å². The fourth-order valence-corrected chi connectivity index (χ4v) is 5.18. The summed E-state index contributed by atoms with van der Waals surface area (Å²) < 4.78 is 38.0. The van der Waals surface area contributed by atoms with Crippen LogP contribution in [0.15, 0.2) is 77.7 Å². The van der Waals surface area contributed by atoms with Gasteiger partial charge >= 0.3 is 5.97 Å². The minimum absolute atomic E-state index is 0.0445. The second kappa shape index (κ2) is 14.8. The number of hydrogen-bond donors (Lipinski definition) is 3. The zero-order valence-electron chi connectivity index (χ0n) is 21.5. The Bertz CT molecular complexity index is 1420. The molecular formula is C28H28Cl2N2O7S. The van der Waals surface area contributed by atoms with E-state index in [9.17, 15) is 23.1 Å². The Balaban J connectivity index is 1.54. The predicted octanol–water partition coefficient (Wildman–Crippen LogP) is 4.78. The van der Waals surface area contributed by atoms with Crippen molar-refractivity contribution in [1.29, 1.82) is 0 Å². The Morgan fingerprint density at radius 3 is 2.23 bits per heavy atom.